The fourth-order valence-electron chi connectivity index (χ4n) is 10.4. The predicted octanol–water partition coefficient (Wildman–Crippen LogP) is 15.0. The number of rotatable bonds is 7. The molecule has 0 radical (unpaired) electrons. The predicted molar refractivity (Wildman–Crippen MR) is 284 cm³/mol. The fourth-order valence-corrected chi connectivity index (χ4v) is 10.4. The molecule has 8 heteroatoms. The van der Waals surface area contributed by atoms with E-state index in [2.05, 4.69) is 105 Å². The molecule has 330 valence electrons. The summed E-state index contributed by atoms with van der Waals surface area (Å²) in [5, 5.41) is 56.1. The minimum Gasteiger partial charge on any atom is -0.308 e. The Balaban J connectivity index is 1.19. The summed E-state index contributed by atoms with van der Waals surface area (Å²) in [6.45, 7) is 0. The highest BCUT2D eigenvalue weighted by Crippen LogP contribution is 2.44. The van der Waals surface area contributed by atoms with Crippen LogP contribution in [-0.4, -0.2) is 14.1 Å². The molecular formula is C64H34N8. The monoisotopic (exact) mass is 914 g/mol. The Morgan fingerprint density at radius 2 is 0.597 bits per heavy atom. The molecule has 3 heterocycles. The van der Waals surface area contributed by atoms with Crippen LogP contribution in [0.2, 0.25) is 0 Å². The van der Waals surface area contributed by atoms with Gasteiger partial charge in [0, 0.05) is 33.9 Å². The number of nitriles is 5. The number of benzene rings is 9. The maximum atomic E-state index is 11.7. The average Bonchev–Trinajstić information content (AvgIpc) is 3.96. The molecule has 12 rings (SSSR count). The standard InChI is InChI=1S/C64H34N8/c65-35-45-9-1-5-13-50(45)41-17-21-59-54(29-41)55-30-42(51-14-6-2-10-46(51)36-66)18-22-60(55)71(59)63-33-49(40-25-27-70-28-26-40)34-64(58(63)39-69)72-61-23-19-43(52-15-7-3-11-47(52)37-67)31-56(61)57-32-44(20-24-62(57)72)53-16-8-4-12-48(53)38-68/h1-34H. The van der Waals surface area contributed by atoms with Gasteiger partial charge in [-0.2, -0.15) is 26.3 Å². The summed E-state index contributed by atoms with van der Waals surface area (Å²) in [6, 6.07) is 75.2. The van der Waals surface area contributed by atoms with Crippen molar-refractivity contribution in [2.75, 3.05) is 0 Å². The lowest BCUT2D eigenvalue weighted by molar-refractivity contribution is 1.12. The topological polar surface area (TPSA) is 142 Å². The van der Waals surface area contributed by atoms with Crippen LogP contribution in [0.25, 0.3) is 111 Å². The Kier molecular flexibility index (Phi) is 10.3. The number of hydrogen-bond donors (Lipinski definition) is 0. The quantitative estimate of drug-likeness (QED) is 0.156. The zero-order valence-electron chi connectivity index (χ0n) is 38.2. The lowest BCUT2D eigenvalue weighted by Crippen LogP contribution is -2.05. The normalized spacial score (nSPS) is 11.0. The van der Waals surface area contributed by atoms with Crippen molar-refractivity contribution in [3.05, 3.63) is 234 Å². The highest BCUT2D eigenvalue weighted by Gasteiger charge is 2.25. The third-order valence-electron chi connectivity index (χ3n) is 13.7. The Labute approximate surface area is 413 Å². The van der Waals surface area contributed by atoms with Gasteiger partial charge in [-0.3, -0.25) is 4.98 Å². The lowest BCUT2D eigenvalue weighted by Gasteiger charge is -2.18. The summed E-state index contributed by atoms with van der Waals surface area (Å²) in [7, 11) is 0. The van der Waals surface area contributed by atoms with Gasteiger partial charge in [-0.1, -0.05) is 97.1 Å². The van der Waals surface area contributed by atoms with Gasteiger partial charge in [0.2, 0.25) is 0 Å². The van der Waals surface area contributed by atoms with Gasteiger partial charge in [-0.25, -0.2) is 0 Å². The zero-order valence-corrected chi connectivity index (χ0v) is 38.2. The zero-order chi connectivity index (χ0) is 48.9. The third kappa shape index (κ3) is 6.84. The Morgan fingerprint density at radius 1 is 0.292 bits per heavy atom. The molecule has 0 saturated carbocycles. The SMILES string of the molecule is N#Cc1ccccc1-c1ccc2c(c1)c1cc(-c3ccccc3C#N)ccc1n2-c1cc(-c2ccncc2)cc(-n2c3ccc(-c4ccccc4C#N)cc3c3cc(-c4ccccc4C#N)ccc32)c1C#N. The first kappa shape index (κ1) is 42.5. The molecule has 0 atom stereocenters. The van der Waals surface area contributed by atoms with Crippen molar-refractivity contribution in [2.24, 2.45) is 0 Å². The van der Waals surface area contributed by atoms with Crippen LogP contribution in [0.5, 0.6) is 0 Å². The van der Waals surface area contributed by atoms with Gasteiger partial charge in [0.05, 0.1) is 80.0 Å². The molecule has 8 nitrogen and oxygen atoms in total. The van der Waals surface area contributed by atoms with Crippen molar-refractivity contribution in [1.82, 2.24) is 14.1 Å². The first-order valence-corrected chi connectivity index (χ1v) is 23.1. The van der Waals surface area contributed by atoms with Crippen LogP contribution in [0.4, 0.5) is 0 Å². The van der Waals surface area contributed by atoms with E-state index in [9.17, 15) is 26.3 Å². The molecule has 12 aromatic rings. The van der Waals surface area contributed by atoms with Gasteiger partial charge in [0.25, 0.3) is 0 Å². The maximum Gasteiger partial charge on any atom is 0.104 e. The van der Waals surface area contributed by atoms with E-state index in [0.717, 1.165) is 99.2 Å². The lowest BCUT2D eigenvalue weighted by atomic mass is 9.96. The van der Waals surface area contributed by atoms with E-state index < -0.39 is 0 Å². The Hall–Kier alpha value is -10.8. The van der Waals surface area contributed by atoms with Crippen molar-refractivity contribution < 1.29 is 0 Å². The van der Waals surface area contributed by atoms with Crippen molar-refractivity contribution in [3.8, 4) is 97.4 Å². The molecule has 0 spiro atoms. The Bertz CT molecular complexity index is 3970. The molecule has 0 unspecified atom stereocenters. The minimum atomic E-state index is 0.418. The van der Waals surface area contributed by atoms with E-state index in [-0.39, 0.29) is 0 Å². The average molecular weight is 915 g/mol. The van der Waals surface area contributed by atoms with Gasteiger partial charge in [0.15, 0.2) is 0 Å². The van der Waals surface area contributed by atoms with Gasteiger partial charge in [0.1, 0.15) is 11.6 Å². The molecule has 72 heavy (non-hydrogen) atoms. The number of nitrogens with zero attached hydrogens (tertiary/aromatic N) is 8. The molecule has 0 aliphatic heterocycles. The summed E-state index contributed by atoms with van der Waals surface area (Å²) in [5.41, 5.74) is 15.7. The Morgan fingerprint density at radius 3 is 0.889 bits per heavy atom. The first-order valence-electron chi connectivity index (χ1n) is 23.1. The van der Waals surface area contributed by atoms with Gasteiger partial charge < -0.3 is 9.13 Å². The van der Waals surface area contributed by atoms with Crippen molar-refractivity contribution >= 4 is 43.6 Å². The van der Waals surface area contributed by atoms with E-state index >= 15 is 0 Å². The van der Waals surface area contributed by atoms with Crippen LogP contribution in [0, 0.1) is 56.7 Å². The molecule has 0 saturated heterocycles. The molecule has 0 bridgehead atoms. The van der Waals surface area contributed by atoms with E-state index in [1.54, 1.807) is 12.4 Å². The summed E-state index contributed by atoms with van der Waals surface area (Å²) in [4.78, 5) is 4.35. The second kappa shape index (κ2) is 17.4. The molecule has 0 aliphatic rings. The molecule has 0 N–H and O–H groups in total. The maximum absolute atomic E-state index is 11.7. The molecule has 9 aromatic carbocycles. The third-order valence-corrected chi connectivity index (χ3v) is 13.7. The van der Waals surface area contributed by atoms with Gasteiger partial charge in [-0.15, -0.1) is 0 Å². The van der Waals surface area contributed by atoms with E-state index in [1.807, 2.05) is 133 Å². The second-order valence-electron chi connectivity index (χ2n) is 17.5. The number of pyridine rings is 1. The van der Waals surface area contributed by atoms with Crippen LogP contribution in [0.1, 0.15) is 27.8 Å². The van der Waals surface area contributed by atoms with Crippen LogP contribution in [-0.2, 0) is 0 Å². The number of fused-ring (bicyclic) bond motifs is 6. The first-order chi connectivity index (χ1) is 35.5. The summed E-state index contributed by atoms with van der Waals surface area (Å²) in [5.74, 6) is 0. The van der Waals surface area contributed by atoms with E-state index in [4.69, 9.17) is 0 Å². The molecular weight excluding hydrogens is 881 g/mol. The number of hydrogen-bond acceptors (Lipinski definition) is 6. The summed E-state index contributed by atoms with van der Waals surface area (Å²) in [6.07, 6.45) is 3.52. The van der Waals surface area contributed by atoms with Crippen LogP contribution < -0.4 is 0 Å². The van der Waals surface area contributed by atoms with Gasteiger partial charge >= 0.3 is 0 Å². The highest BCUT2D eigenvalue weighted by atomic mass is 15.0. The summed E-state index contributed by atoms with van der Waals surface area (Å²) < 4.78 is 4.30. The van der Waals surface area contributed by atoms with Crippen LogP contribution in [0.15, 0.2) is 207 Å². The van der Waals surface area contributed by atoms with Crippen molar-refractivity contribution in [3.63, 3.8) is 0 Å². The molecule has 0 aliphatic carbocycles. The highest BCUT2D eigenvalue weighted by molar-refractivity contribution is 6.14. The van der Waals surface area contributed by atoms with Crippen molar-refractivity contribution in [2.45, 2.75) is 0 Å². The largest absolute Gasteiger partial charge is 0.308 e. The van der Waals surface area contributed by atoms with Crippen molar-refractivity contribution in [1.29, 1.82) is 26.3 Å². The smallest absolute Gasteiger partial charge is 0.104 e. The molecule has 3 aromatic heterocycles. The van der Waals surface area contributed by atoms with E-state index in [1.165, 1.54) is 0 Å². The van der Waals surface area contributed by atoms with Crippen LogP contribution >= 0.6 is 0 Å². The fraction of sp³-hybridized carbons (Fsp3) is 0. The second-order valence-corrected chi connectivity index (χ2v) is 17.5. The molecule has 0 fully saturated rings. The summed E-state index contributed by atoms with van der Waals surface area (Å²) >= 11 is 0. The minimum absolute atomic E-state index is 0.418. The van der Waals surface area contributed by atoms with Gasteiger partial charge in [-0.05, 0) is 153 Å². The van der Waals surface area contributed by atoms with E-state index in [0.29, 0.717) is 39.2 Å². The molecule has 0 amide bonds. The van der Waals surface area contributed by atoms with Crippen LogP contribution in [0.3, 0.4) is 0 Å². The number of aromatic nitrogens is 3.